The van der Waals surface area contributed by atoms with Crippen molar-refractivity contribution < 1.29 is 19.3 Å². The number of nitrogens with zero attached hydrogens (tertiary/aromatic N) is 2. The normalized spacial score (nSPS) is 23.9. The number of fused-ring (bicyclic) bond motifs is 1. The number of anilines is 1. The molecule has 2 aliphatic heterocycles. The average molecular weight is 483 g/mol. The van der Waals surface area contributed by atoms with Crippen molar-refractivity contribution in [2.45, 2.75) is 60.9 Å². The molecule has 1 unspecified atom stereocenters. The molecule has 7 nitrogen and oxygen atoms in total. The summed E-state index contributed by atoms with van der Waals surface area (Å²) >= 11 is 6.14. The molecule has 0 radical (unpaired) electrons. The number of amides is 1. The highest BCUT2D eigenvalue weighted by atomic mass is 35.5. The summed E-state index contributed by atoms with van der Waals surface area (Å²) in [6.07, 6.45) is 0.781. The highest BCUT2D eigenvalue weighted by molar-refractivity contribution is 7.72. The summed E-state index contributed by atoms with van der Waals surface area (Å²) in [5, 5.41) is 15.3. The molecular weight excluding hydrogens is 449 g/mol. The highest BCUT2D eigenvalue weighted by Gasteiger charge is 2.53. The molecule has 0 aromatic heterocycles. The maximum absolute atomic E-state index is 13.6. The lowest BCUT2D eigenvalue weighted by atomic mass is 9.84. The molecule has 0 bridgehead atoms. The van der Waals surface area contributed by atoms with E-state index in [2.05, 4.69) is 30.9 Å². The van der Waals surface area contributed by atoms with Gasteiger partial charge in [-0.15, -0.1) is 0 Å². The van der Waals surface area contributed by atoms with E-state index < -0.39 is 19.3 Å². The summed E-state index contributed by atoms with van der Waals surface area (Å²) in [4.78, 5) is 26.6. The van der Waals surface area contributed by atoms with Crippen molar-refractivity contribution >= 4 is 42.2 Å². The fourth-order valence-corrected chi connectivity index (χ4v) is 6.11. The van der Waals surface area contributed by atoms with Gasteiger partial charge in [-0.3, -0.25) is 4.79 Å². The Balaban J connectivity index is 2.09. The van der Waals surface area contributed by atoms with E-state index in [4.69, 9.17) is 16.1 Å². The van der Waals surface area contributed by atoms with Crippen LogP contribution >= 0.6 is 19.5 Å². The lowest BCUT2D eigenvalue weighted by Gasteiger charge is -2.36. The minimum atomic E-state index is -3.44. The van der Waals surface area contributed by atoms with E-state index in [1.54, 1.807) is 30.0 Å². The zero-order valence-corrected chi connectivity index (χ0v) is 21.5. The molecule has 0 saturated heterocycles. The number of hydrogen-bond acceptors (Lipinski definition) is 6. The molecule has 176 valence electrons. The first-order valence-electron chi connectivity index (χ1n) is 10.9. The van der Waals surface area contributed by atoms with Gasteiger partial charge in [0.15, 0.2) is 5.84 Å². The summed E-state index contributed by atoms with van der Waals surface area (Å²) < 4.78 is 10.1. The van der Waals surface area contributed by atoms with Crippen LogP contribution in [0.25, 0.3) is 0 Å². The molecule has 0 saturated carbocycles. The molecule has 2 aliphatic rings. The Morgan fingerprint density at radius 3 is 2.47 bits per heavy atom. The predicted molar refractivity (Wildman–Crippen MR) is 132 cm³/mol. The molecule has 2 atom stereocenters. The predicted octanol–water partition coefficient (Wildman–Crippen LogP) is 5.09. The largest absolute Gasteiger partial charge is 0.509 e. The standard InChI is InChI=1S/C23H33ClN3O4P/c1-8-31-32(30)16-13-14(24)9-10-15(16)25-20(26-32)17-18(28)19(23(5,6)7)27(21(17)29)12-11-22(2,3)4/h9-10,13,19,30H,8,11-12H2,1-7H3,(H-,25,26,28,29)/p+1/t19-,32?/m1/s1. The van der Waals surface area contributed by atoms with Crippen LogP contribution in [0.4, 0.5) is 5.69 Å². The van der Waals surface area contributed by atoms with Crippen LogP contribution in [0.3, 0.4) is 0 Å². The van der Waals surface area contributed by atoms with E-state index in [1.807, 2.05) is 20.8 Å². The smallest absolute Gasteiger partial charge is 0.432 e. The van der Waals surface area contributed by atoms with E-state index in [1.165, 1.54) is 0 Å². The molecule has 3 N–H and O–H groups in total. The molecule has 0 aliphatic carbocycles. The first-order valence-corrected chi connectivity index (χ1v) is 12.8. The summed E-state index contributed by atoms with van der Waals surface area (Å²) in [6, 6.07) is 4.52. The molecule has 0 spiro atoms. The average Bonchev–Trinajstić information content (AvgIpc) is 2.90. The zero-order chi connectivity index (χ0) is 24.1. The second kappa shape index (κ2) is 8.60. The number of aliphatic hydroxyl groups excluding tert-OH is 1. The number of nitrogens with one attached hydrogen (secondary N) is 1. The Hall–Kier alpha value is -1.66. The lowest BCUT2D eigenvalue weighted by molar-refractivity contribution is -0.128. The van der Waals surface area contributed by atoms with Crippen LogP contribution in [0.2, 0.25) is 5.02 Å². The first-order chi connectivity index (χ1) is 14.7. The number of amidine groups is 1. The summed E-state index contributed by atoms with van der Waals surface area (Å²) in [6.45, 7) is 14.8. The first kappa shape index (κ1) is 25.0. The Morgan fingerprint density at radius 1 is 1.25 bits per heavy atom. The van der Waals surface area contributed by atoms with Gasteiger partial charge in [-0.2, -0.15) is 9.42 Å². The van der Waals surface area contributed by atoms with E-state index in [9.17, 15) is 14.8 Å². The van der Waals surface area contributed by atoms with E-state index in [0.717, 1.165) is 6.42 Å². The molecule has 32 heavy (non-hydrogen) atoms. The van der Waals surface area contributed by atoms with Crippen LogP contribution in [0, 0.1) is 10.8 Å². The van der Waals surface area contributed by atoms with Gasteiger partial charge >= 0.3 is 7.87 Å². The van der Waals surface area contributed by atoms with Gasteiger partial charge in [0.05, 0.1) is 18.3 Å². The van der Waals surface area contributed by atoms with Crippen molar-refractivity contribution in [2.75, 3.05) is 18.5 Å². The molecular formula is C23H34ClN3O4P+. The van der Waals surface area contributed by atoms with Crippen molar-refractivity contribution in [3.8, 4) is 0 Å². The Morgan fingerprint density at radius 2 is 1.91 bits per heavy atom. The third-order valence-electron chi connectivity index (χ3n) is 5.53. The van der Waals surface area contributed by atoms with Crippen LogP contribution in [-0.2, 0) is 9.32 Å². The zero-order valence-electron chi connectivity index (χ0n) is 19.9. The minimum absolute atomic E-state index is 0.0284. The van der Waals surface area contributed by atoms with Crippen LogP contribution in [0.5, 0.6) is 0 Å². The van der Waals surface area contributed by atoms with Crippen molar-refractivity contribution in [2.24, 2.45) is 15.6 Å². The van der Waals surface area contributed by atoms with Gasteiger partial charge < -0.3 is 15.3 Å². The van der Waals surface area contributed by atoms with Gasteiger partial charge in [-0.25, -0.2) is 0 Å². The van der Waals surface area contributed by atoms with E-state index in [0.29, 0.717) is 22.6 Å². The van der Waals surface area contributed by atoms with Crippen LogP contribution in [0.15, 0.2) is 34.3 Å². The molecule has 1 aromatic carbocycles. The fraction of sp³-hybridized carbons (Fsp3) is 0.565. The molecule has 3 rings (SSSR count). The van der Waals surface area contributed by atoms with Crippen molar-refractivity contribution in [3.63, 3.8) is 0 Å². The Kier molecular flexibility index (Phi) is 6.71. The van der Waals surface area contributed by atoms with Crippen molar-refractivity contribution in [1.82, 2.24) is 4.90 Å². The van der Waals surface area contributed by atoms with Gasteiger partial charge in [0.2, 0.25) is 5.30 Å². The summed E-state index contributed by atoms with van der Waals surface area (Å²) in [7, 11) is -3.44. The third kappa shape index (κ3) is 4.81. The SMILES string of the molecule is CCO[P+]1(O)N=C(C2=C(O)[C@H](C(C)(C)C)N(CCC(C)(C)C)C2=O)Nc2ccc(Cl)cc21. The topological polar surface area (TPSA) is 94.4 Å². The number of rotatable bonds is 5. The van der Waals surface area contributed by atoms with Gasteiger partial charge in [-0.1, -0.05) is 53.1 Å². The second-order valence-electron chi connectivity index (χ2n) is 10.5. The fourth-order valence-electron chi connectivity index (χ4n) is 4.03. The molecule has 9 heteroatoms. The third-order valence-corrected chi connectivity index (χ3v) is 7.85. The van der Waals surface area contributed by atoms with Gasteiger partial charge in [-0.05, 0) is 41.1 Å². The van der Waals surface area contributed by atoms with Gasteiger partial charge in [0, 0.05) is 17.6 Å². The van der Waals surface area contributed by atoms with Crippen LogP contribution < -0.4 is 10.6 Å². The van der Waals surface area contributed by atoms with Crippen molar-refractivity contribution in [3.05, 3.63) is 34.6 Å². The van der Waals surface area contributed by atoms with Crippen LogP contribution in [-0.4, -0.2) is 45.8 Å². The summed E-state index contributed by atoms with van der Waals surface area (Å²) in [5.41, 5.74) is 0.265. The quantitative estimate of drug-likeness (QED) is 0.508. The maximum Gasteiger partial charge on any atom is 0.432 e. The molecule has 1 amide bonds. The Bertz CT molecular complexity index is 980. The molecule has 0 fully saturated rings. The number of benzene rings is 1. The number of carbonyl (C=O) groups is 1. The number of carbonyl (C=O) groups excluding carboxylic acids is 1. The summed E-state index contributed by atoms with van der Waals surface area (Å²) in [5.74, 6) is -0.222. The molecule has 2 heterocycles. The monoisotopic (exact) mass is 482 g/mol. The van der Waals surface area contributed by atoms with Gasteiger partial charge in [0.25, 0.3) is 5.91 Å². The molecule has 1 aromatic rings. The maximum atomic E-state index is 13.6. The van der Waals surface area contributed by atoms with E-state index >= 15 is 0 Å². The minimum Gasteiger partial charge on any atom is -0.509 e. The van der Waals surface area contributed by atoms with Crippen LogP contribution in [0.1, 0.15) is 54.9 Å². The highest BCUT2D eigenvalue weighted by Crippen LogP contribution is 2.60. The number of hydrogen-bond donors (Lipinski definition) is 3. The van der Waals surface area contributed by atoms with Crippen molar-refractivity contribution in [1.29, 1.82) is 0 Å². The Labute approximate surface area is 196 Å². The lowest BCUT2D eigenvalue weighted by Crippen LogP contribution is -2.45. The van der Waals surface area contributed by atoms with E-state index in [-0.39, 0.29) is 35.1 Å². The number of aliphatic hydroxyl groups is 1. The number of halogens is 1. The second-order valence-corrected chi connectivity index (χ2v) is 13.0. The van der Waals surface area contributed by atoms with Gasteiger partial charge in [0.1, 0.15) is 11.3 Å².